The number of aliphatic hydroxyl groups excluding tert-OH is 15. The Hall–Kier alpha value is -1.67. The lowest BCUT2D eigenvalue weighted by Crippen LogP contribution is -2.68. The number of allylic oxidation sites excluding steroid dienone is 2. The van der Waals surface area contributed by atoms with E-state index >= 15 is 0 Å². The lowest BCUT2D eigenvalue weighted by atomic mass is 9.47. The zero-order valence-corrected chi connectivity index (χ0v) is 47.6. The molecule has 28 heteroatoms. The van der Waals surface area contributed by atoms with Gasteiger partial charge in [-0.25, -0.2) is 0 Å². The molecular weight excluding hydrogens is 1120 g/mol. The molecule has 28 nitrogen and oxygen atoms in total. The minimum Gasteiger partial charge on any atom is -0.394 e. The van der Waals surface area contributed by atoms with Gasteiger partial charge in [-0.05, 0) is 80.6 Å². The molecular formula is C56H88O28. The summed E-state index contributed by atoms with van der Waals surface area (Å²) in [4.78, 5) is 14.7. The van der Waals surface area contributed by atoms with Crippen molar-refractivity contribution < 1.29 is 138 Å². The van der Waals surface area contributed by atoms with E-state index in [0.29, 0.717) is 12.5 Å². The lowest BCUT2D eigenvalue weighted by molar-refractivity contribution is -0.406. The number of ketones is 1. The molecule has 3 saturated carbocycles. The number of hydrogen-bond donors (Lipinski definition) is 15. The summed E-state index contributed by atoms with van der Waals surface area (Å²) >= 11 is 0. The van der Waals surface area contributed by atoms with Crippen molar-refractivity contribution in [2.75, 3.05) is 33.0 Å². The van der Waals surface area contributed by atoms with Gasteiger partial charge in [-0.2, -0.15) is 0 Å². The van der Waals surface area contributed by atoms with Crippen LogP contribution in [0.25, 0.3) is 0 Å². The molecule has 0 radical (unpaired) electrons. The van der Waals surface area contributed by atoms with E-state index in [-0.39, 0.29) is 54.3 Å². The summed E-state index contributed by atoms with van der Waals surface area (Å²) in [7, 11) is 0. The van der Waals surface area contributed by atoms with Crippen molar-refractivity contribution in [2.24, 2.45) is 46.3 Å². The molecule has 36 atom stereocenters. The molecule has 15 N–H and O–H groups in total. The Labute approximate surface area is 484 Å². The van der Waals surface area contributed by atoms with Gasteiger partial charge >= 0.3 is 0 Å². The third kappa shape index (κ3) is 10.8. The van der Waals surface area contributed by atoms with Gasteiger partial charge in [-0.3, -0.25) is 4.79 Å². The molecule has 11 rings (SSSR count). The molecule has 11 aliphatic rings. The average molecular weight is 1210 g/mol. The zero-order valence-electron chi connectivity index (χ0n) is 47.6. The number of fused-ring (bicyclic) bond motifs is 7. The number of carbonyl (C=O) groups is 1. The van der Waals surface area contributed by atoms with Crippen molar-refractivity contribution in [1.82, 2.24) is 0 Å². The first-order valence-corrected chi connectivity index (χ1v) is 29.9. The van der Waals surface area contributed by atoms with Crippen LogP contribution >= 0.6 is 0 Å². The predicted octanol–water partition coefficient (Wildman–Crippen LogP) is -5.35. The molecule has 0 aromatic carbocycles. The van der Waals surface area contributed by atoms with Crippen LogP contribution in [-0.2, 0) is 61.6 Å². The van der Waals surface area contributed by atoms with E-state index in [0.717, 1.165) is 37.7 Å². The summed E-state index contributed by atoms with van der Waals surface area (Å²) in [5.41, 5.74) is -0.221. The van der Waals surface area contributed by atoms with Gasteiger partial charge < -0.3 is 133 Å². The predicted molar refractivity (Wildman–Crippen MR) is 275 cm³/mol. The van der Waals surface area contributed by atoms with Crippen LogP contribution in [-0.4, -0.2) is 287 Å². The van der Waals surface area contributed by atoms with Crippen LogP contribution in [0.15, 0.2) is 11.6 Å². The van der Waals surface area contributed by atoms with Crippen LogP contribution in [0.2, 0.25) is 0 Å². The van der Waals surface area contributed by atoms with E-state index in [2.05, 4.69) is 27.7 Å². The van der Waals surface area contributed by atoms with Crippen molar-refractivity contribution in [1.29, 1.82) is 0 Å². The van der Waals surface area contributed by atoms with Crippen LogP contribution in [0, 0.1) is 46.3 Å². The average Bonchev–Trinajstić information content (AvgIpc) is 1.52. The Kier molecular flexibility index (Phi) is 18.6. The Morgan fingerprint density at radius 1 is 0.560 bits per heavy atom. The highest BCUT2D eigenvalue weighted by molar-refractivity contribution is 5.97. The minimum absolute atomic E-state index is 0.00557. The largest absolute Gasteiger partial charge is 0.394 e. The van der Waals surface area contributed by atoms with E-state index in [1.807, 2.05) is 6.08 Å². The molecule has 4 aliphatic carbocycles. The Morgan fingerprint density at radius 2 is 1.14 bits per heavy atom. The van der Waals surface area contributed by atoms with Crippen LogP contribution in [0.4, 0.5) is 0 Å². The summed E-state index contributed by atoms with van der Waals surface area (Å²) in [5, 5.41) is 165. The Balaban J connectivity index is 0.784. The molecule has 0 amide bonds. The van der Waals surface area contributed by atoms with Crippen LogP contribution < -0.4 is 0 Å². The smallest absolute Gasteiger partial charge is 0.187 e. The van der Waals surface area contributed by atoms with Crippen molar-refractivity contribution in [3.8, 4) is 0 Å². The number of ether oxygens (including phenoxy) is 12. The quantitative estimate of drug-likeness (QED) is 0.0766. The fraction of sp³-hybridized carbons (Fsp3) is 0.946. The highest BCUT2D eigenvalue weighted by Gasteiger charge is 2.71. The van der Waals surface area contributed by atoms with Crippen molar-refractivity contribution in [3.05, 3.63) is 11.6 Å². The summed E-state index contributed by atoms with van der Waals surface area (Å²) in [6.45, 7) is 7.16. The molecule has 0 aromatic rings. The fourth-order valence-electron chi connectivity index (χ4n) is 16.4. The third-order valence-electron chi connectivity index (χ3n) is 21.4. The van der Waals surface area contributed by atoms with Gasteiger partial charge in [0.05, 0.1) is 57.5 Å². The van der Waals surface area contributed by atoms with Crippen LogP contribution in [0.5, 0.6) is 0 Å². The molecule has 10 fully saturated rings. The number of carbonyl (C=O) groups excluding carboxylic acids is 1. The van der Waals surface area contributed by atoms with Crippen LogP contribution in [0.3, 0.4) is 0 Å². The molecule has 1 spiro atoms. The van der Waals surface area contributed by atoms with Gasteiger partial charge in [0.25, 0.3) is 0 Å². The highest BCUT2D eigenvalue weighted by atomic mass is 16.8. The second kappa shape index (κ2) is 24.5. The van der Waals surface area contributed by atoms with E-state index in [1.165, 1.54) is 6.92 Å². The monoisotopic (exact) mass is 1210 g/mol. The number of rotatable bonds is 13. The van der Waals surface area contributed by atoms with Gasteiger partial charge in [0, 0.05) is 23.7 Å². The first kappa shape index (κ1) is 63.9. The lowest BCUT2D eigenvalue weighted by Gasteiger charge is -2.57. The van der Waals surface area contributed by atoms with E-state index in [9.17, 15) is 81.4 Å². The standard InChI is InChI=1S/C56H88O28/c1-19-8-9-56(74-17-19)20(2)34-28(84-56)11-25-23-7-6-22-10-27(26(60)13-54(22,4)24(23)12-33(61)55(25,34)5)76-51-45(72)41(68)46(31(16-59)79-51)81-53-48(83-52-44(71)40(67)36(63)29(14-57)77-52)47(38(65)30(15-58)78-53)82-49-42(69)37(64)32(18-73-49)80-50-43(70)39(66)35(62)21(3)75-50/h12,19-23,25-32,34-53,57-60,62-72H,6-11,13-18H2,1-5H3/t19-,20+,21+,22+,23-,25+,26-,27-,28+,29-,30-,31-,32-,34+,35+,36-,37+,38-,39-,40+,41-,42-,43-,44-,45-,46+,47+,48-,49+,50+,51-,52+,53+,54+,55-,56-/m1/s1. The molecule has 84 heavy (non-hydrogen) atoms. The molecule has 0 bridgehead atoms. The summed E-state index contributed by atoms with van der Waals surface area (Å²) < 4.78 is 72.6. The van der Waals surface area contributed by atoms with Gasteiger partial charge in [0.2, 0.25) is 0 Å². The van der Waals surface area contributed by atoms with Gasteiger partial charge in [0.1, 0.15) is 110 Å². The first-order valence-electron chi connectivity index (χ1n) is 29.9. The van der Waals surface area contributed by atoms with Crippen molar-refractivity contribution >= 4 is 5.78 Å². The summed E-state index contributed by atoms with van der Waals surface area (Å²) in [6.07, 6.45) is -39.0. The Bertz CT molecular complexity index is 2310. The maximum absolute atomic E-state index is 14.7. The maximum Gasteiger partial charge on any atom is 0.187 e. The van der Waals surface area contributed by atoms with Crippen molar-refractivity contribution in [3.63, 3.8) is 0 Å². The molecule has 7 aliphatic heterocycles. The second-order valence-electron chi connectivity index (χ2n) is 26.3. The van der Waals surface area contributed by atoms with Gasteiger partial charge in [-0.15, -0.1) is 0 Å². The summed E-state index contributed by atoms with van der Waals surface area (Å²) in [5.74, 6) is -0.114. The Morgan fingerprint density at radius 3 is 1.82 bits per heavy atom. The third-order valence-corrected chi connectivity index (χ3v) is 21.4. The first-order chi connectivity index (χ1) is 39.8. The molecule has 7 saturated heterocycles. The molecule has 0 aromatic heterocycles. The van der Waals surface area contributed by atoms with E-state index in [1.54, 1.807) is 0 Å². The number of hydrogen-bond acceptors (Lipinski definition) is 28. The number of aliphatic hydroxyl groups is 15. The normalized spacial score (nSPS) is 56.8. The van der Waals surface area contributed by atoms with Crippen LogP contribution in [0.1, 0.15) is 79.6 Å². The maximum atomic E-state index is 14.7. The van der Waals surface area contributed by atoms with E-state index < -0.39 is 203 Å². The van der Waals surface area contributed by atoms with Gasteiger partial charge in [0.15, 0.2) is 43.0 Å². The summed E-state index contributed by atoms with van der Waals surface area (Å²) in [6, 6.07) is 0. The van der Waals surface area contributed by atoms with E-state index in [4.69, 9.17) is 56.8 Å². The topological polar surface area (TPSA) is 431 Å². The highest BCUT2D eigenvalue weighted by Crippen LogP contribution is 2.69. The molecule has 0 unspecified atom stereocenters. The zero-order chi connectivity index (χ0) is 60.4. The SMILES string of the molecule is C[C@@H]1CC[C@@]2(OC1)O[C@H]1C[C@H]3[C@@H]4CC[C@H]5C[C@@H](O[C@@H]6O[C@H](CO)[C@H](O[C@@H]7O[C@H](CO)[C@@H](O)[C@H](O[C@@H]8OC[C@@H](O[C@@H]9O[C@@H](C)[C@H](O)[C@@H](O)[C@H]9O)[C@H](O)[C@H]8O)[C@H]7O[C@@H]7O[C@H](CO)[C@@H](O)[C@H](O)[C@H]7O)[C@H](O)[C@H]6O)[C@H](O)C[C@]5(C)C4=CC(=O)[C@]3(C)[C@H]1[C@@H]2C. The second-order valence-corrected chi connectivity index (χ2v) is 26.3. The molecule has 7 heterocycles. The van der Waals surface area contributed by atoms with Gasteiger partial charge in [-0.1, -0.05) is 33.3 Å². The minimum atomic E-state index is -2.10. The van der Waals surface area contributed by atoms with Crippen molar-refractivity contribution in [2.45, 2.75) is 251 Å². The fourth-order valence-corrected chi connectivity index (χ4v) is 16.4. The molecule has 480 valence electrons.